The van der Waals surface area contributed by atoms with Gasteiger partial charge in [-0.25, -0.2) is 15.0 Å². The highest BCUT2D eigenvalue weighted by Gasteiger charge is 2.41. The first-order chi connectivity index (χ1) is 15.1. The van der Waals surface area contributed by atoms with Gasteiger partial charge in [-0.15, -0.1) is 0 Å². The summed E-state index contributed by atoms with van der Waals surface area (Å²) in [5.41, 5.74) is -1.75. The molecule has 0 saturated carbocycles. The molecule has 10 heteroatoms. The first-order valence-corrected chi connectivity index (χ1v) is 10.5. The van der Waals surface area contributed by atoms with Crippen molar-refractivity contribution >= 4 is 11.0 Å². The Bertz CT molecular complexity index is 1090. The van der Waals surface area contributed by atoms with E-state index in [1.807, 2.05) is 6.92 Å². The summed E-state index contributed by atoms with van der Waals surface area (Å²) in [6.07, 6.45) is 0.707. The molecule has 0 bridgehead atoms. The van der Waals surface area contributed by atoms with E-state index >= 15 is 0 Å². The zero-order valence-electron chi connectivity index (χ0n) is 18.1. The highest BCUT2D eigenvalue weighted by atomic mass is 19.4. The maximum atomic E-state index is 13.8. The monoisotopic (exact) mass is 449 g/mol. The van der Waals surface area contributed by atoms with Crippen molar-refractivity contribution in [1.29, 1.82) is 0 Å². The van der Waals surface area contributed by atoms with Crippen LogP contribution in [0.25, 0.3) is 11.0 Å². The molecule has 32 heavy (non-hydrogen) atoms. The predicted octanol–water partition coefficient (Wildman–Crippen LogP) is 3.83. The standard InChI is InChI=1S/C22H26F3N5O2/c1-13(2)30-12-28-18-8-16(7-17(19(18)30)22(23,24)25)32-11-15-10-21(31,9-14(3)29-15)20-26-5-4-6-27-20/h4-8,12-15,29,31H,9-11H2,1-3H3/t14-,15-,21-/m0/s1. The molecule has 1 fully saturated rings. The Labute approximate surface area is 183 Å². The zero-order chi connectivity index (χ0) is 23.1. The van der Waals surface area contributed by atoms with Gasteiger partial charge in [-0.1, -0.05) is 0 Å². The van der Waals surface area contributed by atoms with Gasteiger partial charge in [0.2, 0.25) is 0 Å². The Kier molecular flexibility index (Phi) is 5.85. The van der Waals surface area contributed by atoms with Gasteiger partial charge < -0.3 is 19.7 Å². The molecule has 0 radical (unpaired) electrons. The summed E-state index contributed by atoms with van der Waals surface area (Å²) in [7, 11) is 0. The zero-order valence-corrected chi connectivity index (χ0v) is 18.1. The first-order valence-electron chi connectivity index (χ1n) is 10.5. The van der Waals surface area contributed by atoms with Crippen LogP contribution in [0.1, 0.15) is 51.0 Å². The van der Waals surface area contributed by atoms with Gasteiger partial charge in [0, 0.05) is 43.0 Å². The number of hydrogen-bond donors (Lipinski definition) is 2. The summed E-state index contributed by atoms with van der Waals surface area (Å²) in [4.78, 5) is 12.5. The molecule has 0 unspecified atom stereocenters. The van der Waals surface area contributed by atoms with Crippen LogP contribution in [0.5, 0.6) is 5.75 Å². The number of fused-ring (bicyclic) bond motifs is 1. The summed E-state index contributed by atoms with van der Waals surface area (Å²) < 4.78 is 48.7. The van der Waals surface area contributed by atoms with Gasteiger partial charge in [0.25, 0.3) is 0 Å². The molecule has 7 nitrogen and oxygen atoms in total. The minimum absolute atomic E-state index is 0.0415. The molecule has 1 saturated heterocycles. The highest BCUT2D eigenvalue weighted by Crippen LogP contribution is 2.39. The van der Waals surface area contributed by atoms with Crippen LogP contribution in [0.4, 0.5) is 13.2 Å². The van der Waals surface area contributed by atoms with E-state index in [-0.39, 0.29) is 47.9 Å². The molecular formula is C22H26F3N5O2. The van der Waals surface area contributed by atoms with Gasteiger partial charge in [-0.2, -0.15) is 13.2 Å². The predicted molar refractivity (Wildman–Crippen MR) is 112 cm³/mol. The summed E-state index contributed by atoms with van der Waals surface area (Å²) in [6, 6.07) is 3.68. The number of nitrogens with zero attached hydrogens (tertiary/aromatic N) is 4. The van der Waals surface area contributed by atoms with Crippen molar-refractivity contribution in [3.05, 3.63) is 48.3 Å². The molecule has 0 amide bonds. The van der Waals surface area contributed by atoms with Crippen molar-refractivity contribution in [3.8, 4) is 5.75 Å². The number of rotatable bonds is 5. The molecule has 2 N–H and O–H groups in total. The third-order valence-electron chi connectivity index (χ3n) is 5.69. The lowest BCUT2D eigenvalue weighted by molar-refractivity contribution is -0.136. The van der Waals surface area contributed by atoms with E-state index in [9.17, 15) is 18.3 Å². The molecular weight excluding hydrogens is 423 g/mol. The van der Waals surface area contributed by atoms with Crippen LogP contribution in [0, 0.1) is 0 Å². The molecule has 0 aliphatic carbocycles. The van der Waals surface area contributed by atoms with E-state index < -0.39 is 17.3 Å². The Morgan fingerprint density at radius 3 is 2.59 bits per heavy atom. The van der Waals surface area contributed by atoms with E-state index in [4.69, 9.17) is 4.74 Å². The van der Waals surface area contributed by atoms with Gasteiger partial charge >= 0.3 is 6.18 Å². The molecule has 0 spiro atoms. The van der Waals surface area contributed by atoms with Gasteiger partial charge in [-0.05, 0) is 39.3 Å². The van der Waals surface area contributed by atoms with Crippen molar-refractivity contribution in [2.24, 2.45) is 0 Å². The Morgan fingerprint density at radius 1 is 1.22 bits per heavy atom. The fraction of sp³-hybridized carbons (Fsp3) is 0.500. The van der Waals surface area contributed by atoms with E-state index in [0.717, 1.165) is 6.07 Å². The van der Waals surface area contributed by atoms with Crippen LogP contribution >= 0.6 is 0 Å². The van der Waals surface area contributed by atoms with Gasteiger partial charge in [0.15, 0.2) is 5.82 Å². The second-order valence-corrected chi connectivity index (χ2v) is 8.67. The molecule has 3 atom stereocenters. The minimum atomic E-state index is -4.55. The van der Waals surface area contributed by atoms with Crippen LogP contribution in [-0.4, -0.2) is 43.3 Å². The second-order valence-electron chi connectivity index (χ2n) is 8.67. The topological polar surface area (TPSA) is 85.1 Å². The normalized spacial score (nSPS) is 24.2. The van der Waals surface area contributed by atoms with Crippen LogP contribution in [0.15, 0.2) is 36.9 Å². The van der Waals surface area contributed by atoms with Crippen LogP contribution < -0.4 is 10.1 Å². The summed E-state index contributed by atoms with van der Waals surface area (Å²) in [6.45, 7) is 5.61. The maximum Gasteiger partial charge on any atom is 0.418 e. The maximum absolute atomic E-state index is 13.8. The third kappa shape index (κ3) is 4.42. The molecule has 1 aliphatic heterocycles. The number of hydrogen-bond acceptors (Lipinski definition) is 6. The van der Waals surface area contributed by atoms with Gasteiger partial charge in [0.05, 0.1) is 22.9 Å². The van der Waals surface area contributed by atoms with Gasteiger partial charge in [-0.3, -0.25) is 0 Å². The van der Waals surface area contributed by atoms with Crippen LogP contribution in [-0.2, 0) is 11.8 Å². The summed E-state index contributed by atoms with van der Waals surface area (Å²) in [5.74, 6) is 0.414. The average Bonchev–Trinajstić information content (AvgIpc) is 3.15. The molecule has 172 valence electrons. The first kappa shape index (κ1) is 22.5. The van der Waals surface area contributed by atoms with Crippen LogP contribution in [0.3, 0.4) is 0 Å². The smallest absolute Gasteiger partial charge is 0.418 e. The number of nitrogens with one attached hydrogen (secondary N) is 1. The lowest BCUT2D eigenvalue weighted by Crippen LogP contribution is -2.53. The number of benzene rings is 1. The molecule has 1 aromatic carbocycles. The van der Waals surface area contributed by atoms with Crippen molar-refractivity contribution in [1.82, 2.24) is 24.8 Å². The fourth-order valence-electron chi connectivity index (χ4n) is 4.38. The average molecular weight is 449 g/mol. The largest absolute Gasteiger partial charge is 0.492 e. The lowest BCUT2D eigenvalue weighted by atomic mass is 9.83. The van der Waals surface area contributed by atoms with E-state index in [0.29, 0.717) is 12.2 Å². The summed E-state index contributed by atoms with van der Waals surface area (Å²) >= 11 is 0. The highest BCUT2D eigenvalue weighted by molar-refractivity contribution is 5.81. The van der Waals surface area contributed by atoms with Crippen LogP contribution in [0.2, 0.25) is 0 Å². The van der Waals surface area contributed by atoms with E-state index in [1.54, 1.807) is 32.3 Å². The number of piperidine rings is 1. The molecule has 3 aromatic rings. The Hall–Kier alpha value is -2.72. The van der Waals surface area contributed by atoms with Crippen molar-refractivity contribution < 1.29 is 23.0 Å². The lowest BCUT2D eigenvalue weighted by Gasteiger charge is -2.39. The third-order valence-corrected chi connectivity index (χ3v) is 5.69. The number of ether oxygens (including phenoxy) is 1. The van der Waals surface area contributed by atoms with Crippen molar-refractivity contribution in [2.75, 3.05) is 6.61 Å². The number of halogens is 3. The SMILES string of the molecule is CC(C)n1cnc2cc(OC[C@@H]3C[C@](O)(c4ncccn4)C[C@H](C)N3)cc(C(F)(F)F)c21. The number of imidazole rings is 1. The number of alkyl halides is 3. The number of aliphatic hydroxyl groups is 1. The summed E-state index contributed by atoms with van der Waals surface area (Å²) in [5, 5.41) is 14.5. The molecule has 1 aliphatic rings. The molecule has 4 rings (SSSR count). The Morgan fingerprint density at radius 2 is 1.94 bits per heavy atom. The Balaban J connectivity index is 1.58. The van der Waals surface area contributed by atoms with Crippen molar-refractivity contribution in [3.63, 3.8) is 0 Å². The fourth-order valence-corrected chi connectivity index (χ4v) is 4.38. The quantitative estimate of drug-likeness (QED) is 0.616. The van der Waals surface area contributed by atoms with Gasteiger partial charge in [0.1, 0.15) is 18.0 Å². The van der Waals surface area contributed by atoms with E-state index in [2.05, 4.69) is 20.3 Å². The molecule has 3 heterocycles. The molecule has 2 aromatic heterocycles. The minimum Gasteiger partial charge on any atom is -0.492 e. The second kappa shape index (κ2) is 8.32. The van der Waals surface area contributed by atoms with E-state index in [1.165, 1.54) is 17.0 Å². The van der Waals surface area contributed by atoms with Crippen molar-refractivity contribution in [2.45, 2.75) is 63.5 Å². The number of aromatic nitrogens is 4.